The number of hydrogen-bond acceptors (Lipinski definition) is 7. The van der Waals surface area contributed by atoms with Crippen LogP contribution in [0.3, 0.4) is 0 Å². The fourth-order valence-electron chi connectivity index (χ4n) is 4.58. The van der Waals surface area contributed by atoms with Crippen molar-refractivity contribution in [1.82, 2.24) is 4.90 Å². The number of carbonyl (C=O) groups is 1. The average molecular weight is 510 g/mol. The zero-order valence-corrected chi connectivity index (χ0v) is 21.4. The first-order chi connectivity index (χ1) is 17.4. The molecule has 1 saturated heterocycles. The van der Waals surface area contributed by atoms with E-state index in [0.29, 0.717) is 22.3 Å². The SMILES string of the molecule is COC(=O)c1c(CS(=O)(=O)c2ccccc2/C=C\CN2CCCCC2)ccc(-c2ccoc2)c1OC. The summed E-state index contributed by atoms with van der Waals surface area (Å²) >= 11 is 0. The molecule has 0 amide bonds. The van der Waals surface area contributed by atoms with E-state index >= 15 is 0 Å². The smallest absolute Gasteiger partial charge is 0.341 e. The van der Waals surface area contributed by atoms with E-state index in [-0.39, 0.29) is 22.0 Å². The first-order valence-electron chi connectivity index (χ1n) is 12.0. The molecule has 4 rings (SSSR count). The molecule has 0 bridgehead atoms. The summed E-state index contributed by atoms with van der Waals surface area (Å²) in [4.78, 5) is 15.4. The fourth-order valence-corrected chi connectivity index (χ4v) is 6.17. The highest BCUT2D eigenvalue weighted by molar-refractivity contribution is 7.90. The largest absolute Gasteiger partial charge is 0.495 e. The Morgan fingerprint density at radius 3 is 2.53 bits per heavy atom. The number of methoxy groups -OCH3 is 2. The summed E-state index contributed by atoms with van der Waals surface area (Å²) in [5, 5.41) is 0. The molecule has 36 heavy (non-hydrogen) atoms. The molecule has 1 aliphatic heterocycles. The first-order valence-corrected chi connectivity index (χ1v) is 13.6. The van der Waals surface area contributed by atoms with Crippen LogP contribution in [0.15, 0.2) is 70.4 Å². The quantitative estimate of drug-likeness (QED) is 0.366. The third kappa shape index (κ3) is 5.71. The van der Waals surface area contributed by atoms with Gasteiger partial charge in [0.15, 0.2) is 9.84 Å². The number of hydrogen-bond donors (Lipinski definition) is 0. The van der Waals surface area contributed by atoms with E-state index in [1.54, 1.807) is 36.4 Å². The van der Waals surface area contributed by atoms with E-state index in [1.807, 2.05) is 18.2 Å². The molecule has 190 valence electrons. The Bertz CT molecular complexity index is 1320. The number of nitrogens with zero attached hydrogens (tertiary/aromatic N) is 1. The normalized spacial score (nSPS) is 14.7. The second kappa shape index (κ2) is 11.6. The Morgan fingerprint density at radius 2 is 1.83 bits per heavy atom. The minimum Gasteiger partial charge on any atom is -0.495 e. The third-order valence-electron chi connectivity index (χ3n) is 6.38. The highest BCUT2D eigenvalue weighted by Crippen LogP contribution is 2.37. The van der Waals surface area contributed by atoms with Crippen LogP contribution in [0.25, 0.3) is 17.2 Å². The minimum absolute atomic E-state index is 0.0837. The zero-order valence-electron chi connectivity index (χ0n) is 20.6. The van der Waals surface area contributed by atoms with Gasteiger partial charge in [0, 0.05) is 17.7 Å². The Kier molecular flexibility index (Phi) is 8.28. The number of sulfone groups is 1. The molecule has 1 aliphatic rings. The van der Waals surface area contributed by atoms with Crippen molar-refractivity contribution < 1.29 is 27.1 Å². The molecular formula is C28H31NO6S. The molecule has 1 aromatic heterocycles. The van der Waals surface area contributed by atoms with Gasteiger partial charge in [0.25, 0.3) is 0 Å². The van der Waals surface area contributed by atoms with Gasteiger partial charge >= 0.3 is 5.97 Å². The van der Waals surface area contributed by atoms with Crippen LogP contribution in [0.1, 0.15) is 40.7 Å². The van der Waals surface area contributed by atoms with E-state index in [2.05, 4.69) is 4.90 Å². The molecule has 7 nitrogen and oxygen atoms in total. The van der Waals surface area contributed by atoms with E-state index in [0.717, 1.165) is 19.6 Å². The van der Waals surface area contributed by atoms with Crippen LogP contribution in [0, 0.1) is 0 Å². The molecule has 8 heteroatoms. The van der Waals surface area contributed by atoms with Crippen LogP contribution in [-0.4, -0.2) is 53.1 Å². The molecule has 2 aromatic carbocycles. The summed E-state index contributed by atoms with van der Waals surface area (Å²) in [6, 6.07) is 12.0. The maximum atomic E-state index is 13.6. The lowest BCUT2D eigenvalue weighted by atomic mass is 9.99. The van der Waals surface area contributed by atoms with Crippen molar-refractivity contribution in [3.8, 4) is 16.9 Å². The average Bonchev–Trinajstić information content (AvgIpc) is 3.43. The Balaban J connectivity index is 1.67. The first kappa shape index (κ1) is 25.7. The van der Waals surface area contributed by atoms with Crippen LogP contribution in [0.2, 0.25) is 0 Å². The molecule has 0 N–H and O–H groups in total. The summed E-state index contributed by atoms with van der Waals surface area (Å²) in [6.45, 7) is 2.92. The van der Waals surface area contributed by atoms with Gasteiger partial charge in [-0.3, -0.25) is 4.90 Å². The van der Waals surface area contributed by atoms with E-state index < -0.39 is 15.8 Å². The lowest BCUT2D eigenvalue weighted by Gasteiger charge is -2.24. The van der Waals surface area contributed by atoms with Crippen LogP contribution >= 0.6 is 0 Å². The summed E-state index contributed by atoms with van der Waals surface area (Å²) in [6.07, 6.45) is 10.6. The highest BCUT2D eigenvalue weighted by atomic mass is 32.2. The number of ether oxygens (including phenoxy) is 2. The number of carbonyl (C=O) groups excluding carboxylic acids is 1. The highest BCUT2D eigenvalue weighted by Gasteiger charge is 2.27. The van der Waals surface area contributed by atoms with Crippen LogP contribution in [-0.2, 0) is 20.3 Å². The van der Waals surface area contributed by atoms with Gasteiger partial charge in [-0.2, -0.15) is 0 Å². The summed E-state index contributed by atoms with van der Waals surface area (Å²) in [5.74, 6) is -0.807. The van der Waals surface area contributed by atoms with Crippen LogP contribution in [0.4, 0.5) is 0 Å². The van der Waals surface area contributed by atoms with Crippen molar-refractivity contribution in [1.29, 1.82) is 0 Å². The molecule has 0 atom stereocenters. The maximum Gasteiger partial charge on any atom is 0.341 e. The van der Waals surface area contributed by atoms with Gasteiger partial charge < -0.3 is 13.9 Å². The predicted molar refractivity (Wildman–Crippen MR) is 139 cm³/mol. The van der Waals surface area contributed by atoms with Gasteiger partial charge in [-0.15, -0.1) is 0 Å². The number of piperidine rings is 1. The van der Waals surface area contributed by atoms with E-state index in [1.165, 1.54) is 46.0 Å². The third-order valence-corrected chi connectivity index (χ3v) is 8.11. The van der Waals surface area contributed by atoms with Crippen molar-refractivity contribution in [3.63, 3.8) is 0 Å². The maximum absolute atomic E-state index is 13.6. The standard InChI is InChI=1S/C28H31NO6S/c1-33-27-24(22-14-18-35-19-22)13-12-23(26(27)28(30)34-2)20-36(31,32)25-11-5-4-9-21(25)10-8-17-29-15-6-3-7-16-29/h4-5,8-14,18-19H,3,6-7,15-17,20H2,1-2H3/b10-8-. The summed E-state index contributed by atoms with van der Waals surface area (Å²) < 4.78 is 43.0. The van der Waals surface area contributed by atoms with Gasteiger partial charge in [-0.1, -0.05) is 48.9 Å². The zero-order chi connectivity index (χ0) is 25.5. The lowest BCUT2D eigenvalue weighted by Crippen LogP contribution is -2.29. The Morgan fingerprint density at radius 1 is 1.06 bits per heavy atom. The molecule has 0 radical (unpaired) electrons. The second-order valence-electron chi connectivity index (χ2n) is 8.74. The monoisotopic (exact) mass is 509 g/mol. The van der Waals surface area contributed by atoms with Crippen molar-refractivity contribution in [2.45, 2.75) is 29.9 Å². The minimum atomic E-state index is -3.80. The van der Waals surface area contributed by atoms with Crippen LogP contribution in [0.5, 0.6) is 5.75 Å². The number of furan rings is 1. The predicted octanol–water partition coefficient (Wildman–Crippen LogP) is 5.21. The summed E-state index contributed by atoms with van der Waals surface area (Å²) in [7, 11) is -1.11. The van der Waals surface area contributed by atoms with Gasteiger partial charge in [-0.25, -0.2) is 13.2 Å². The molecule has 0 saturated carbocycles. The lowest BCUT2D eigenvalue weighted by molar-refractivity contribution is 0.0596. The second-order valence-corrected chi connectivity index (χ2v) is 10.7. The van der Waals surface area contributed by atoms with Crippen molar-refractivity contribution in [3.05, 3.63) is 77.8 Å². The number of esters is 1. The number of likely N-dealkylation sites (tertiary alicyclic amines) is 1. The van der Waals surface area contributed by atoms with Gasteiger partial charge in [-0.05, 0) is 49.2 Å². The summed E-state index contributed by atoms with van der Waals surface area (Å²) in [5.41, 5.74) is 2.32. The number of benzene rings is 2. The Hall–Kier alpha value is -3.36. The Labute approximate surface area is 212 Å². The molecular weight excluding hydrogens is 478 g/mol. The molecule has 0 unspecified atom stereocenters. The number of rotatable bonds is 9. The van der Waals surface area contributed by atoms with Crippen molar-refractivity contribution in [2.24, 2.45) is 0 Å². The van der Waals surface area contributed by atoms with E-state index in [9.17, 15) is 13.2 Å². The molecule has 2 heterocycles. The van der Waals surface area contributed by atoms with Crippen LogP contribution < -0.4 is 4.74 Å². The molecule has 0 spiro atoms. The fraction of sp³-hybridized carbons (Fsp3) is 0.321. The van der Waals surface area contributed by atoms with Gasteiger partial charge in [0.05, 0.1) is 37.4 Å². The topological polar surface area (TPSA) is 86.1 Å². The molecule has 1 fully saturated rings. The van der Waals surface area contributed by atoms with E-state index in [4.69, 9.17) is 13.9 Å². The van der Waals surface area contributed by atoms with Gasteiger partial charge in [0.1, 0.15) is 11.3 Å². The van der Waals surface area contributed by atoms with Gasteiger partial charge in [0.2, 0.25) is 0 Å². The molecule has 0 aliphatic carbocycles. The van der Waals surface area contributed by atoms with Crippen molar-refractivity contribution in [2.75, 3.05) is 33.9 Å². The van der Waals surface area contributed by atoms with Crippen molar-refractivity contribution >= 4 is 21.9 Å². The molecule has 3 aromatic rings.